The molecule has 23 heteroatoms. The maximum absolute atomic E-state index is 14.7. The number of nitrogens with one attached hydrogen (secondary N) is 4. The number of nitrogens with zero attached hydrogens (tertiary/aromatic N) is 2. The number of unbranched alkanes of at least 4 members (excludes halogenated alkanes) is 1. The molecule has 1 heterocycles. The Kier molecular flexibility index (Phi) is 29.9. The number of thioether (sulfide) groups is 1. The van der Waals surface area contributed by atoms with Crippen molar-refractivity contribution < 1.29 is 58.5 Å². The first kappa shape index (κ1) is 65.1. The number of rotatable bonds is 40. The standard InChI is InChI=1S/C52H82N10O12S/c1-30(2)21-40(45(67)26-36(48(54)71)22-33-15-19-58-29-33)60-50(73)35(10-8-18-59-52(55)56)25-43(65)41(23-32-11-13-37(64)14-12-32)61-49(72)34(9-6-7-17-53)24-44(66)42(28-47(69)70)62-51(74)38(31(3)63)27-46(68)39(57-4)16-20-75-5/h11-14,19,29-31,34-36,38-42,57,63-64H,6-10,15-18,20-28,53H2,1-5H3,(H2,54,71)(H,60,73)(H,61,72)(H,62,74)(H,69,70)(H4,55,56,59)/t31-,34-,35-,36-,38-,39+,40+,41+,42+/m1/s1. The number of phenolic OH excluding ortho intramolecular Hbond substituents is 1. The van der Waals surface area contributed by atoms with Crippen molar-refractivity contribution in [1.29, 1.82) is 0 Å². The molecule has 0 aliphatic carbocycles. The Morgan fingerprint density at radius 2 is 1.27 bits per heavy atom. The molecular formula is C52H82N10O12S. The van der Waals surface area contributed by atoms with E-state index in [1.54, 1.807) is 19.5 Å². The number of aliphatic carboxylic acids is 1. The van der Waals surface area contributed by atoms with Gasteiger partial charge in [-0.2, -0.15) is 11.8 Å². The second-order valence-electron chi connectivity index (χ2n) is 19.7. The van der Waals surface area contributed by atoms with E-state index in [-0.39, 0.29) is 81.4 Å². The number of benzene rings is 1. The van der Waals surface area contributed by atoms with Gasteiger partial charge in [0.2, 0.25) is 23.6 Å². The minimum Gasteiger partial charge on any atom is -0.508 e. The zero-order valence-electron chi connectivity index (χ0n) is 44.1. The van der Waals surface area contributed by atoms with Crippen LogP contribution in [0.25, 0.3) is 0 Å². The summed E-state index contributed by atoms with van der Waals surface area (Å²) in [6, 6.07) is 1.17. The zero-order valence-corrected chi connectivity index (χ0v) is 44.9. The number of carbonyl (C=O) groups excluding carboxylic acids is 8. The van der Waals surface area contributed by atoms with Gasteiger partial charge < -0.3 is 59.5 Å². The first-order chi connectivity index (χ1) is 35.5. The molecule has 9 atom stereocenters. The number of aliphatic imine (C=N–C) groups is 2. The monoisotopic (exact) mass is 1070 g/mol. The molecule has 0 radical (unpaired) electrons. The lowest BCUT2D eigenvalue weighted by molar-refractivity contribution is -0.142. The third kappa shape index (κ3) is 24.9. The van der Waals surface area contributed by atoms with Crippen LogP contribution in [0.4, 0.5) is 0 Å². The van der Waals surface area contributed by atoms with Gasteiger partial charge in [-0.15, -0.1) is 0 Å². The van der Waals surface area contributed by atoms with Gasteiger partial charge in [0.25, 0.3) is 0 Å². The highest BCUT2D eigenvalue weighted by atomic mass is 32.2. The van der Waals surface area contributed by atoms with Crippen LogP contribution in [0.2, 0.25) is 0 Å². The largest absolute Gasteiger partial charge is 0.508 e. The van der Waals surface area contributed by atoms with Crippen molar-refractivity contribution in [1.82, 2.24) is 21.3 Å². The molecule has 0 bridgehead atoms. The average Bonchev–Trinajstić information content (AvgIpc) is 3.86. The van der Waals surface area contributed by atoms with Crippen LogP contribution in [0, 0.1) is 29.6 Å². The summed E-state index contributed by atoms with van der Waals surface area (Å²) in [7, 11) is 1.59. The molecule has 0 fully saturated rings. The summed E-state index contributed by atoms with van der Waals surface area (Å²) < 4.78 is 0. The number of allylic oxidation sites excluding steroid dienone is 1. The maximum atomic E-state index is 14.7. The van der Waals surface area contributed by atoms with Gasteiger partial charge in [-0.1, -0.05) is 32.4 Å². The van der Waals surface area contributed by atoms with Gasteiger partial charge >= 0.3 is 5.97 Å². The Balaban J connectivity index is 2.52. The van der Waals surface area contributed by atoms with E-state index in [0.717, 1.165) is 5.57 Å². The fourth-order valence-corrected chi connectivity index (χ4v) is 9.14. The predicted molar refractivity (Wildman–Crippen MR) is 287 cm³/mol. The summed E-state index contributed by atoms with van der Waals surface area (Å²) in [6.45, 7) is 5.35. The van der Waals surface area contributed by atoms with Crippen LogP contribution in [0.15, 0.2) is 46.0 Å². The van der Waals surface area contributed by atoms with Gasteiger partial charge in [0.15, 0.2) is 29.1 Å². The number of nitrogens with two attached hydrogens (primary N) is 4. The third-order valence-electron chi connectivity index (χ3n) is 13.0. The lowest BCUT2D eigenvalue weighted by Gasteiger charge is -2.27. The van der Waals surface area contributed by atoms with Crippen LogP contribution in [0.1, 0.15) is 116 Å². The Bertz CT molecular complexity index is 2170. The summed E-state index contributed by atoms with van der Waals surface area (Å²) in [5, 5.41) is 41.4. The number of guanidine groups is 1. The molecule has 418 valence electrons. The quantitative estimate of drug-likeness (QED) is 0.0251. The normalized spacial score (nSPS) is 15.7. The number of Topliss-reactive ketones (excluding diaryl/α,β-unsaturated/α-hetero) is 4. The summed E-state index contributed by atoms with van der Waals surface area (Å²) in [5.41, 5.74) is 23.9. The van der Waals surface area contributed by atoms with E-state index in [2.05, 4.69) is 31.3 Å². The van der Waals surface area contributed by atoms with Crippen LogP contribution in [-0.2, 0) is 49.6 Å². The van der Waals surface area contributed by atoms with E-state index in [1.807, 2.05) is 20.1 Å². The molecular weight excluding hydrogens is 989 g/mol. The van der Waals surface area contributed by atoms with Crippen molar-refractivity contribution in [2.75, 3.05) is 32.1 Å². The van der Waals surface area contributed by atoms with Crippen molar-refractivity contribution in [3.63, 3.8) is 0 Å². The molecule has 75 heavy (non-hydrogen) atoms. The molecule has 22 nitrogen and oxygen atoms in total. The molecule has 2 rings (SSSR count). The number of amides is 4. The number of aromatic hydroxyl groups is 1. The van der Waals surface area contributed by atoms with Gasteiger partial charge in [-0.25, -0.2) is 0 Å². The number of aliphatic hydroxyl groups is 1. The van der Waals surface area contributed by atoms with E-state index in [4.69, 9.17) is 22.9 Å². The van der Waals surface area contributed by atoms with E-state index in [0.29, 0.717) is 37.0 Å². The number of hydrogen-bond acceptors (Lipinski definition) is 16. The molecule has 1 aromatic rings. The van der Waals surface area contributed by atoms with Crippen LogP contribution in [0.5, 0.6) is 5.75 Å². The van der Waals surface area contributed by atoms with E-state index < -0.39 is 127 Å². The van der Waals surface area contributed by atoms with Gasteiger partial charge in [0.1, 0.15) is 5.75 Å². The van der Waals surface area contributed by atoms with Crippen LogP contribution >= 0.6 is 11.8 Å². The van der Waals surface area contributed by atoms with E-state index in [9.17, 15) is 58.5 Å². The number of carbonyl (C=O) groups is 9. The SMILES string of the molecule is CN[C@@H](CCSC)C(=O)C[C@@H](C(=O)N[C@@H](CC(=O)O)C(=O)C[C@@H](CCCCN)C(=O)N[C@@H](Cc1ccc(O)cc1)C(=O)C[C@@H](CCCN=C(N)N)C(=O)N[C@@H](CC(C)C)C(=O)C[C@@H](CC1=CN=CC1)C(N)=O)[C@@H](C)O. The van der Waals surface area contributed by atoms with Crippen LogP contribution < -0.4 is 44.2 Å². The Morgan fingerprint density at radius 1 is 0.707 bits per heavy atom. The minimum absolute atomic E-state index is 0.0535. The Hall–Kier alpha value is -6.04. The minimum atomic E-state index is -1.67. The highest BCUT2D eigenvalue weighted by Crippen LogP contribution is 2.25. The van der Waals surface area contributed by atoms with Crippen molar-refractivity contribution >= 4 is 76.7 Å². The van der Waals surface area contributed by atoms with E-state index in [1.165, 1.54) is 43.0 Å². The molecule has 0 aromatic heterocycles. The molecule has 4 amide bonds. The maximum Gasteiger partial charge on any atom is 0.305 e. The second-order valence-corrected chi connectivity index (χ2v) is 20.7. The van der Waals surface area contributed by atoms with E-state index >= 15 is 0 Å². The van der Waals surface area contributed by atoms with Gasteiger partial charge in [0.05, 0.1) is 42.6 Å². The molecule has 15 N–H and O–H groups in total. The molecule has 1 aliphatic heterocycles. The third-order valence-corrected chi connectivity index (χ3v) is 13.6. The Morgan fingerprint density at radius 3 is 1.79 bits per heavy atom. The summed E-state index contributed by atoms with van der Waals surface area (Å²) in [5.74, 6) is -10.9. The number of hydrogen-bond donors (Lipinski definition) is 11. The number of likely N-dealkylation sites (N-methyl/N-ethyl adjacent to an activating group) is 1. The van der Waals surface area contributed by atoms with Gasteiger partial charge in [0, 0.05) is 68.8 Å². The Labute approximate surface area is 444 Å². The molecule has 0 spiro atoms. The first-order valence-electron chi connectivity index (χ1n) is 25.6. The van der Waals surface area contributed by atoms with Crippen molar-refractivity contribution in [2.45, 2.75) is 147 Å². The molecule has 1 aliphatic rings. The smallest absolute Gasteiger partial charge is 0.305 e. The van der Waals surface area contributed by atoms with Crippen molar-refractivity contribution in [3.05, 3.63) is 41.6 Å². The highest BCUT2D eigenvalue weighted by molar-refractivity contribution is 7.98. The van der Waals surface area contributed by atoms with Crippen LogP contribution in [0.3, 0.4) is 0 Å². The molecule has 0 saturated heterocycles. The fourth-order valence-electron chi connectivity index (χ4n) is 8.67. The van der Waals surface area contributed by atoms with Gasteiger partial charge in [-0.05, 0) is 113 Å². The zero-order chi connectivity index (χ0) is 56.2. The topological polar surface area (TPSA) is 391 Å². The number of ketones is 4. The fraction of sp³-hybridized carbons (Fsp3) is 0.635. The lowest BCUT2D eigenvalue weighted by Crippen LogP contribution is -2.50. The number of carboxylic acids is 1. The summed E-state index contributed by atoms with van der Waals surface area (Å²) in [6.07, 6.45) is 3.58. The summed E-state index contributed by atoms with van der Waals surface area (Å²) in [4.78, 5) is 131. The van der Waals surface area contributed by atoms with Gasteiger partial charge in [-0.3, -0.25) is 53.1 Å². The second kappa shape index (κ2) is 34.5. The lowest BCUT2D eigenvalue weighted by atomic mass is 9.87. The number of phenols is 1. The van der Waals surface area contributed by atoms with Crippen molar-refractivity contribution in [3.8, 4) is 5.75 Å². The number of carboxylic acid groups (broad SMARTS) is 1. The van der Waals surface area contributed by atoms with Crippen molar-refractivity contribution in [2.24, 2.45) is 62.5 Å². The summed E-state index contributed by atoms with van der Waals surface area (Å²) >= 11 is 1.52. The van der Waals surface area contributed by atoms with Crippen LogP contribution in [-0.4, -0.2) is 143 Å². The number of primary amides is 1. The molecule has 1 aromatic carbocycles. The predicted octanol–water partition coefficient (Wildman–Crippen LogP) is 1.35. The number of aliphatic hydroxyl groups excluding tert-OH is 1. The average molecular weight is 1070 g/mol. The highest BCUT2D eigenvalue weighted by Gasteiger charge is 2.37. The molecule has 0 unspecified atom stereocenters. The first-order valence-corrected chi connectivity index (χ1v) is 27.0. The molecule has 0 saturated carbocycles.